The minimum absolute atomic E-state index is 0.00845. The van der Waals surface area contributed by atoms with Crippen molar-refractivity contribution in [1.82, 2.24) is 9.13 Å². The summed E-state index contributed by atoms with van der Waals surface area (Å²) in [6.07, 6.45) is 0. The van der Waals surface area contributed by atoms with Gasteiger partial charge in [0.2, 0.25) is 0 Å². The van der Waals surface area contributed by atoms with Gasteiger partial charge in [-0.15, -0.1) is 0 Å². The number of para-hydroxylation sites is 1. The average molecular weight is 454 g/mol. The Morgan fingerprint density at radius 3 is 2.30 bits per heavy atom. The number of nitrogens with zero attached hydrogens (tertiary/aromatic N) is 2. The average Bonchev–Trinajstić information content (AvgIpc) is 3.14. The molecular weight excluding hydrogens is 434 g/mol. The number of hydrogen-bond acceptors (Lipinski definition) is 4. The highest BCUT2D eigenvalue weighted by atomic mass is 19.1. The molecule has 170 valence electrons. The number of benzene rings is 2. The van der Waals surface area contributed by atoms with E-state index in [9.17, 15) is 28.6 Å². The van der Waals surface area contributed by atoms with Gasteiger partial charge in [0.25, 0.3) is 5.56 Å². The number of ether oxygens (including phenoxy) is 1. The Hall–Kier alpha value is -3.98. The lowest BCUT2D eigenvalue weighted by Crippen LogP contribution is -2.31. The highest BCUT2D eigenvalue weighted by Gasteiger charge is 2.32. The summed E-state index contributed by atoms with van der Waals surface area (Å²) in [6, 6.07) is 12.3. The summed E-state index contributed by atoms with van der Waals surface area (Å²) < 4.78 is 36.0. The SMILES string of the molecule is Cn1c(C(C)(C)O)c(Oc2ccc(F)cc2F)c2cc(C(=O)O)n(-c3ccccc3)c2c1=O. The maximum atomic E-state index is 14.4. The van der Waals surface area contributed by atoms with Crippen molar-refractivity contribution in [3.63, 3.8) is 0 Å². The third-order valence-corrected chi connectivity index (χ3v) is 5.22. The monoisotopic (exact) mass is 454 g/mol. The fourth-order valence-corrected chi connectivity index (χ4v) is 3.90. The fraction of sp³-hybridized carbons (Fsp3) is 0.167. The summed E-state index contributed by atoms with van der Waals surface area (Å²) in [4.78, 5) is 25.5. The fourth-order valence-electron chi connectivity index (χ4n) is 3.90. The van der Waals surface area contributed by atoms with Gasteiger partial charge in [-0.1, -0.05) is 18.2 Å². The van der Waals surface area contributed by atoms with Gasteiger partial charge in [-0.2, -0.15) is 0 Å². The van der Waals surface area contributed by atoms with E-state index in [1.807, 2.05) is 0 Å². The molecule has 2 heterocycles. The number of aliphatic hydroxyl groups is 1. The normalized spacial score (nSPS) is 11.7. The number of pyridine rings is 1. The lowest BCUT2D eigenvalue weighted by molar-refractivity contribution is 0.0668. The summed E-state index contributed by atoms with van der Waals surface area (Å²) in [5.41, 5.74) is -2.09. The first-order valence-corrected chi connectivity index (χ1v) is 9.93. The summed E-state index contributed by atoms with van der Waals surface area (Å²) >= 11 is 0. The summed E-state index contributed by atoms with van der Waals surface area (Å²) in [5, 5.41) is 20.7. The first-order chi connectivity index (χ1) is 15.5. The minimum atomic E-state index is -1.63. The van der Waals surface area contributed by atoms with Crippen molar-refractivity contribution in [3.8, 4) is 17.2 Å². The molecule has 0 fully saturated rings. The second kappa shape index (κ2) is 7.86. The molecule has 0 saturated carbocycles. The van der Waals surface area contributed by atoms with Crippen LogP contribution in [0.4, 0.5) is 8.78 Å². The standard InChI is InChI=1S/C24H20F2N2O5/c1-24(2,32)21-20(33-18-10-9-13(25)11-16(18)26)15-12-17(23(30)31)28(14-7-5-4-6-8-14)19(15)22(29)27(21)3/h4-12,32H,1-3H3,(H,30,31). The molecule has 0 spiro atoms. The van der Waals surface area contributed by atoms with E-state index in [2.05, 4.69) is 0 Å². The highest BCUT2D eigenvalue weighted by Crippen LogP contribution is 2.40. The number of fused-ring (bicyclic) bond motifs is 1. The minimum Gasteiger partial charge on any atom is -0.477 e. The molecule has 7 nitrogen and oxygen atoms in total. The van der Waals surface area contributed by atoms with Gasteiger partial charge in [0.1, 0.15) is 22.6 Å². The molecule has 0 bridgehead atoms. The Bertz CT molecular complexity index is 1450. The van der Waals surface area contributed by atoms with E-state index in [0.29, 0.717) is 11.8 Å². The van der Waals surface area contributed by atoms with Crippen LogP contribution in [0.5, 0.6) is 11.5 Å². The Balaban J connectivity index is 2.16. The lowest BCUT2D eigenvalue weighted by atomic mass is 10.0. The number of aromatic carboxylic acids is 1. The molecule has 2 aromatic heterocycles. The zero-order valence-electron chi connectivity index (χ0n) is 18.0. The van der Waals surface area contributed by atoms with E-state index in [-0.39, 0.29) is 33.8 Å². The lowest BCUT2D eigenvalue weighted by Gasteiger charge is -2.25. The first kappa shape index (κ1) is 22.2. The molecule has 2 N–H and O–H groups in total. The third kappa shape index (κ3) is 3.76. The summed E-state index contributed by atoms with van der Waals surface area (Å²) in [6.45, 7) is 2.82. The van der Waals surface area contributed by atoms with Crippen LogP contribution in [0.3, 0.4) is 0 Å². The van der Waals surface area contributed by atoms with Gasteiger partial charge in [-0.25, -0.2) is 13.6 Å². The zero-order valence-corrected chi connectivity index (χ0v) is 18.0. The molecule has 2 aromatic carbocycles. The quantitative estimate of drug-likeness (QED) is 0.468. The van der Waals surface area contributed by atoms with Crippen LogP contribution >= 0.6 is 0 Å². The molecule has 4 rings (SSSR count). The maximum Gasteiger partial charge on any atom is 0.352 e. The molecule has 0 saturated heterocycles. The molecule has 33 heavy (non-hydrogen) atoms. The Kier molecular flexibility index (Phi) is 5.29. The van der Waals surface area contributed by atoms with Crippen molar-refractivity contribution in [2.45, 2.75) is 19.4 Å². The summed E-state index contributed by atoms with van der Waals surface area (Å²) in [5.74, 6) is -3.59. The van der Waals surface area contributed by atoms with Gasteiger partial charge in [0, 0.05) is 18.8 Å². The number of carboxylic acid groups (broad SMARTS) is 1. The number of rotatable bonds is 5. The molecular formula is C24H20F2N2O5. The second-order valence-corrected chi connectivity index (χ2v) is 8.05. The van der Waals surface area contributed by atoms with Crippen LogP contribution in [0.2, 0.25) is 0 Å². The Morgan fingerprint density at radius 1 is 1.06 bits per heavy atom. The Morgan fingerprint density at radius 2 is 1.73 bits per heavy atom. The molecule has 4 aromatic rings. The van der Waals surface area contributed by atoms with Crippen LogP contribution in [-0.4, -0.2) is 25.3 Å². The van der Waals surface area contributed by atoms with E-state index in [1.54, 1.807) is 30.3 Å². The number of carbonyl (C=O) groups is 1. The molecule has 0 radical (unpaired) electrons. The molecule has 0 aliphatic rings. The van der Waals surface area contributed by atoms with E-state index in [4.69, 9.17) is 4.74 Å². The topological polar surface area (TPSA) is 93.7 Å². The van der Waals surface area contributed by atoms with E-state index < -0.39 is 28.8 Å². The number of carboxylic acids is 1. The van der Waals surface area contributed by atoms with Crippen LogP contribution in [0, 0.1) is 11.6 Å². The summed E-state index contributed by atoms with van der Waals surface area (Å²) in [7, 11) is 1.39. The van der Waals surface area contributed by atoms with Crippen LogP contribution < -0.4 is 10.3 Å². The van der Waals surface area contributed by atoms with Gasteiger partial charge in [-0.3, -0.25) is 9.36 Å². The zero-order chi connectivity index (χ0) is 24.1. The largest absolute Gasteiger partial charge is 0.477 e. The molecule has 9 heteroatoms. The van der Waals surface area contributed by atoms with Gasteiger partial charge >= 0.3 is 5.97 Å². The van der Waals surface area contributed by atoms with Gasteiger partial charge < -0.3 is 19.5 Å². The van der Waals surface area contributed by atoms with E-state index in [0.717, 1.165) is 16.7 Å². The van der Waals surface area contributed by atoms with Crippen LogP contribution in [0.25, 0.3) is 16.6 Å². The second-order valence-electron chi connectivity index (χ2n) is 8.05. The van der Waals surface area contributed by atoms with Crippen molar-refractivity contribution < 1.29 is 28.5 Å². The predicted octanol–water partition coefficient (Wildman–Crippen LogP) is 4.33. The predicted molar refractivity (Wildman–Crippen MR) is 117 cm³/mol. The van der Waals surface area contributed by atoms with E-state index >= 15 is 0 Å². The van der Waals surface area contributed by atoms with Gasteiger partial charge in [0.05, 0.1) is 11.1 Å². The van der Waals surface area contributed by atoms with Crippen molar-refractivity contribution >= 4 is 16.9 Å². The molecule has 0 atom stereocenters. The van der Waals surface area contributed by atoms with Crippen LogP contribution in [-0.2, 0) is 12.6 Å². The number of hydrogen-bond donors (Lipinski definition) is 2. The maximum absolute atomic E-state index is 14.4. The molecule has 0 amide bonds. The van der Waals surface area contributed by atoms with E-state index in [1.165, 1.54) is 31.5 Å². The Labute approximate surface area is 186 Å². The van der Waals surface area contributed by atoms with Crippen molar-refractivity contribution in [2.75, 3.05) is 0 Å². The molecule has 0 aliphatic carbocycles. The van der Waals surface area contributed by atoms with Crippen LogP contribution in [0.1, 0.15) is 30.0 Å². The third-order valence-electron chi connectivity index (χ3n) is 5.22. The van der Waals surface area contributed by atoms with Gasteiger partial charge in [-0.05, 0) is 44.2 Å². The van der Waals surface area contributed by atoms with Crippen molar-refractivity contribution in [1.29, 1.82) is 0 Å². The number of halogens is 2. The van der Waals surface area contributed by atoms with Gasteiger partial charge in [0.15, 0.2) is 17.3 Å². The van der Waals surface area contributed by atoms with Crippen molar-refractivity contribution in [2.24, 2.45) is 7.05 Å². The molecule has 0 aliphatic heterocycles. The highest BCUT2D eigenvalue weighted by molar-refractivity contribution is 5.98. The van der Waals surface area contributed by atoms with Crippen molar-refractivity contribution in [3.05, 3.63) is 88.0 Å². The molecule has 0 unspecified atom stereocenters. The van der Waals surface area contributed by atoms with Crippen LogP contribution in [0.15, 0.2) is 59.4 Å². The first-order valence-electron chi connectivity index (χ1n) is 9.93. The smallest absolute Gasteiger partial charge is 0.352 e. The number of aromatic nitrogens is 2.